The molecule has 1 heterocycles. The van der Waals surface area contributed by atoms with Gasteiger partial charge in [0.2, 0.25) is 5.91 Å². The summed E-state index contributed by atoms with van der Waals surface area (Å²) >= 11 is 6.40. The van der Waals surface area contributed by atoms with Crippen molar-refractivity contribution in [2.75, 3.05) is 20.7 Å². The number of methoxy groups -OCH3 is 1. The van der Waals surface area contributed by atoms with Gasteiger partial charge in [-0.1, -0.05) is 41.9 Å². The zero-order chi connectivity index (χ0) is 20.3. The van der Waals surface area contributed by atoms with E-state index in [1.807, 2.05) is 42.5 Å². The summed E-state index contributed by atoms with van der Waals surface area (Å²) in [4.78, 5) is 25.8. The van der Waals surface area contributed by atoms with E-state index < -0.39 is 0 Å². The molecule has 2 aromatic carbocycles. The molecule has 0 bridgehead atoms. The van der Waals surface area contributed by atoms with Crippen LogP contribution < -0.4 is 4.74 Å². The van der Waals surface area contributed by atoms with Crippen LogP contribution in [-0.4, -0.2) is 48.1 Å². The van der Waals surface area contributed by atoms with Gasteiger partial charge in [-0.15, -0.1) is 0 Å². The summed E-state index contributed by atoms with van der Waals surface area (Å²) in [5.74, 6) is 0.273. The first-order chi connectivity index (χ1) is 13.4. The summed E-state index contributed by atoms with van der Waals surface area (Å²) in [6.45, 7) is 1.37. The molecule has 0 aliphatic carbocycles. The lowest BCUT2D eigenvalue weighted by molar-refractivity contribution is -0.139. The van der Waals surface area contributed by atoms with Crippen molar-refractivity contribution < 1.29 is 14.3 Å². The number of likely N-dealkylation sites (N-methyl/N-ethyl adjacent to an activating group) is 1. The molecule has 2 aromatic rings. The first-order valence-corrected chi connectivity index (χ1v) is 9.28. The summed E-state index contributed by atoms with van der Waals surface area (Å²) in [5.41, 5.74) is 2.47. The fourth-order valence-corrected chi connectivity index (χ4v) is 3.35. The summed E-state index contributed by atoms with van der Waals surface area (Å²) in [7, 11) is 3.20. The second-order valence-electron chi connectivity index (χ2n) is 6.63. The fourth-order valence-electron chi connectivity index (χ4n) is 3.09. The van der Waals surface area contributed by atoms with E-state index in [9.17, 15) is 9.59 Å². The largest absolute Gasteiger partial charge is 0.497 e. The molecule has 28 heavy (non-hydrogen) atoms. The number of benzene rings is 2. The Labute approximate surface area is 169 Å². The third kappa shape index (κ3) is 4.17. The number of nitrogens with zero attached hydrogens (tertiary/aromatic N) is 3. The van der Waals surface area contributed by atoms with E-state index in [2.05, 4.69) is 5.10 Å². The van der Waals surface area contributed by atoms with Crippen LogP contribution in [-0.2, 0) is 9.59 Å². The number of hydrogen-bond donors (Lipinski definition) is 0. The Morgan fingerprint density at radius 2 is 2.00 bits per heavy atom. The minimum Gasteiger partial charge on any atom is -0.497 e. The van der Waals surface area contributed by atoms with E-state index in [0.29, 0.717) is 11.4 Å². The topological polar surface area (TPSA) is 62.2 Å². The molecule has 7 heteroatoms. The van der Waals surface area contributed by atoms with Crippen LogP contribution in [0.1, 0.15) is 30.5 Å². The molecule has 0 fully saturated rings. The molecule has 0 radical (unpaired) electrons. The molecule has 1 aliphatic rings. The van der Waals surface area contributed by atoms with E-state index in [1.54, 1.807) is 20.2 Å². The molecule has 2 amide bonds. The number of amides is 2. The second kappa shape index (κ2) is 8.44. The molecule has 0 aromatic heterocycles. The normalized spacial score (nSPS) is 15.9. The van der Waals surface area contributed by atoms with Gasteiger partial charge in [0.05, 0.1) is 18.9 Å². The molecule has 1 aliphatic heterocycles. The van der Waals surface area contributed by atoms with Gasteiger partial charge in [0.25, 0.3) is 5.91 Å². The number of halogens is 1. The third-order valence-corrected chi connectivity index (χ3v) is 5.09. The number of carbonyl (C=O) groups excluding carboxylic acids is 2. The SMILES string of the molecule is COc1cccc(C2=NN(C(=O)CN(C)C(C)=O)C(c3ccccc3Cl)C2)c1. The van der Waals surface area contributed by atoms with Crippen LogP contribution in [0, 0.1) is 0 Å². The maximum atomic E-state index is 12.9. The lowest BCUT2D eigenvalue weighted by Crippen LogP contribution is -2.38. The Morgan fingerprint density at radius 3 is 2.68 bits per heavy atom. The average molecular weight is 400 g/mol. The summed E-state index contributed by atoms with van der Waals surface area (Å²) < 4.78 is 5.30. The highest BCUT2D eigenvalue weighted by molar-refractivity contribution is 6.31. The quantitative estimate of drug-likeness (QED) is 0.773. The van der Waals surface area contributed by atoms with Gasteiger partial charge in [-0.2, -0.15) is 5.10 Å². The van der Waals surface area contributed by atoms with Gasteiger partial charge in [0.1, 0.15) is 12.3 Å². The van der Waals surface area contributed by atoms with Crippen molar-refractivity contribution in [2.24, 2.45) is 5.10 Å². The van der Waals surface area contributed by atoms with E-state index in [1.165, 1.54) is 16.8 Å². The van der Waals surface area contributed by atoms with Crippen LogP contribution in [0.15, 0.2) is 53.6 Å². The molecule has 0 saturated heterocycles. The molecule has 1 unspecified atom stereocenters. The van der Waals surface area contributed by atoms with Crippen LogP contribution in [0.4, 0.5) is 0 Å². The highest BCUT2D eigenvalue weighted by atomic mass is 35.5. The molecule has 3 rings (SSSR count). The monoisotopic (exact) mass is 399 g/mol. The van der Waals surface area contributed by atoms with Crippen LogP contribution in [0.3, 0.4) is 0 Å². The lowest BCUT2D eigenvalue weighted by atomic mass is 9.98. The van der Waals surface area contributed by atoms with Crippen molar-refractivity contribution in [3.8, 4) is 5.75 Å². The van der Waals surface area contributed by atoms with Crippen LogP contribution in [0.5, 0.6) is 5.75 Å². The van der Waals surface area contributed by atoms with Gasteiger partial charge in [0.15, 0.2) is 0 Å². The first-order valence-electron chi connectivity index (χ1n) is 8.90. The highest BCUT2D eigenvalue weighted by Crippen LogP contribution is 2.36. The smallest absolute Gasteiger partial charge is 0.262 e. The molecule has 0 N–H and O–H groups in total. The number of carbonyl (C=O) groups is 2. The van der Waals surface area contributed by atoms with Gasteiger partial charge in [0, 0.05) is 31.0 Å². The van der Waals surface area contributed by atoms with Crippen LogP contribution in [0.25, 0.3) is 0 Å². The van der Waals surface area contributed by atoms with Crippen molar-refractivity contribution in [3.63, 3.8) is 0 Å². The zero-order valence-corrected chi connectivity index (χ0v) is 16.8. The first kappa shape index (κ1) is 19.9. The number of hydrazone groups is 1. The molecule has 1 atom stereocenters. The summed E-state index contributed by atoms with van der Waals surface area (Å²) in [6, 6.07) is 14.7. The maximum Gasteiger partial charge on any atom is 0.262 e. The minimum absolute atomic E-state index is 0.0504. The average Bonchev–Trinajstić information content (AvgIpc) is 3.13. The highest BCUT2D eigenvalue weighted by Gasteiger charge is 2.34. The van der Waals surface area contributed by atoms with E-state index in [-0.39, 0.29) is 24.4 Å². The van der Waals surface area contributed by atoms with Crippen molar-refractivity contribution in [3.05, 3.63) is 64.7 Å². The van der Waals surface area contributed by atoms with Gasteiger partial charge in [-0.25, -0.2) is 5.01 Å². The zero-order valence-electron chi connectivity index (χ0n) is 16.1. The second-order valence-corrected chi connectivity index (χ2v) is 7.04. The molecule has 6 nitrogen and oxygen atoms in total. The van der Waals surface area contributed by atoms with Crippen molar-refractivity contribution in [2.45, 2.75) is 19.4 Å². The Bertz CT molecular complexity index is 929. The van der Waals surface area contributed by atoms with E-state index in [4.69, 9.17) is 16.3 Å². The number of ether oxygens (including phenoxy) is 1. The summed E-state index contributed by atoms with van der Waals surface area (Å²) in [6.07, 6.45) is 0.520. The third-order valence-electron chi connectivity index (χ3n) is 4.74. The minimum atomic E-state index is -0.331. The number of rotatable bonds is 5. The van der Waals surface area contributed by atoms with Gasteiger partial charge >= 0.3 is 0 Å². The number of hydrogen-bond acceptors (Lipinski definition) is 4. The molecule has 146 valence electrons. The fraction of sp³-hybridized carbons (Fsp3) is 0.286. The van der Waals surface area contributed by atoms with Crippen LogP contribution in [0.2, 0.25) is 5.02 Å². The lowest BCUT2D eigenvalue weighted by Gasteiger charge is -2.25. The predicted molar refractivity (Wildman–Crippen MR) is 108 cm³/mol. The predicted octanol–water partition coefficient (Wildman–Crippen LogP) is 3.50. The molecule has 0 saturated carbocycles. The van der Waals surface area contributed by atoms with Crippen molar-refractivity contribution in [1.82, 2.24) is 9.91 Å². The standard InChI is InChI=1S/C21H22ClN3O3/c1-14(26)24(2)13-21(27)25-20(17-9-4-5-10-18(17)22)12-19(23-25)15-7-6-8-16(11-15)28-3/h4-11,20H,12-13H2,1-3H3. The Balaban J connectivity index is 1.96. The van der Waals surface area contributed by atoms with Gasteiger partial charge < -0.3 is 9.64 Å². The van der Waals surface area contributed by atoms with Crippen LogP contribution >= 0.6 is 11.6 Å². The van der Waals surface area contributed by atoms with Gasteiger partial charge in [-0.05, 0) is 23.8 Å². The maximum absolute atomic E-state index is 12.9. The van der Waals surface area contributed by atoms with E-state index in [0.717, 1.165) is 22.6 Å². The van der Waals surface area contributed by atoms with Gasteiger partial charge in [-0.3, -0.25) is 9.59 Å². The van der Waals surface area contributed by atoms with E-state index >= 15 is 0 Å². The molecular weight excluding hydrogens is 378 g/mol. The Morgan fingerprint density at radius 1 is 1.25 bits per heavy atom. The van der Waals surface area contributed by atoms with Crippen molar-refractivity contribution >= 4 is 29.1 Å². The molecule has 0 spiro atoms. The molecular formula is C21H22ClN3O3. The Hall–Kier alpha value is -2.86. The summed E-state index contributed by atoms with van der Waals surface area (Å²) in [5, 5.41) is 6.61. The van der Waals surface area contributed by atoms with Crippen molar-refractivity contribution in [1.29, 1.82) is 0 Å². The Kier molecular flexibility index (Phi) is 5.99.